The first-order valence-corrected chi connectivity index (χ1v) is 9.92. The summed E-state index contributed by atoms with van der Waals surface area (Å²) in [6.07, 6.45) is 1.47. The molecule has 0 saturated carbocycles. The zero-order valence-corrected chi connectivity index (χ0v) is 15.3. The lowest BCUT2D eigenvalue weighted by Crippen LogP contribution is -2.40. The highest BCUT2D eigenvalue weighted by molar-refractivity contribution is 7.91. The minimum absolute atomic E-state index is 0.0475. The van der Waals surface area contributed by atoms with Gasteiger partial charge in [0.2, 0.25) is 0 Å². The summed E-state index contributed by atoms with van der Waals surface area (Å²) in [6, 6.07) is 5.01. The summed E-state index contributed by atoms with van der Waals surface area (Å²) in [5.41, 5.74) is 0.537. The number of carbonyl (C=O) groups excluding carboxylic acids is 1. The van der Waals surface area contributed by atoms with Gasteiger partial charge in [-0.1, -0.05) is 6.92 Å². The molecule has 24 heavy (non-hydrogen) atoms. The van der Waals surface area contributed by atoms with Crippen molar-refractivity contribution in [1.82, 2.24) is 4.90 Å². The molecule has 7 heteroatoms. The van der Waals surface area contributed by atoms with E-state index in [0.29, 0.717) is 30.0 Å². The van der Waals surface area contributed by atoms with Crippen LogP contribution >= 0.6 is 0 Å². The lowest BCUT2D eigenvalue weighted by atomic mass is 10.1. The van der Waals surface area contributed by atoms with Crippen LogP contribution in [-0.2, 0) is 9.84 Å². The van der Waals surface area contributed by atoms with Crippen LogP contribution in [0.15, 0.2) is 18.2 Å². The van der Waals surface area contributed by atoms with Gasteiger partial charge in [-0.15, -0.1) is 0 Å². The molecule has 1 aliphatic rings. The van der Waals surface area contributed by atoms with Gasteiger partial charge in [0.25, 0.3) is 0 Å². The van der Waals surface area contributed by atoms with Crippen LogP contribution in [0.3, 0.4) is 0 Å². The summed E-state index contributed by atoms with van der Waals surface area (Å²) in [6.45, 7) is 2.94. The number of ketones is 1. The highest BCUT2D eigenvalue weighted by atomic mass is 32.2. The third kappa shape index (κ3) is 4.48. The van der Waals surface area contributed by atoms with Crippen LogP contribution in [0.2, 0.25) is 0 Å². The molecule has 1 atom stereocenters. The molecular weight excluding hydrogens is 330 g/mol. The van der Waals surface area contributed by atoms with Gasteiger partial charge >= 0.3 is 0 Å². The van der Waals surface area contributed by atoms with Crippen LogP contribution in [0, 0.1) is 0 Å². The maximum Gasteiger partial charge on any atom is 0.176 e. The van der Waals surface area contributed by atoms with E-state index in [4.69, 9.17) is 9.47 Å². The number of hydrogen-bond donors (Lipinski definition) is 0. The van der Waals surface area contributed by atoms with E-state index in [1.807, 2.05) is 11.8 Å². The number of ether oxygens (including phenoxy) is 2. The molecule has 0 aromatic heterocycles. The molecule has 134 valence electrons. The minimum Gasteiger partial charge on any atom is -0.493 e. The Morgan fingerprint density at radius 3 is 2.50 bits per heavy atom. The monoisotopic (exact) mass is 355 g/mol. The maximum absolute atomic E-state index is 12.6. The molecule has 1 aliphatic heterocycles. The van der Waals surface area contributed by atoms with Crippen LogP contribution in [0.4, 0.5) is 0 Å². The summed E-state index contributed by atoms with van der Waals surface area (Å²) in [5.74, 6) is 1.39. The van der Waals surface area contributed by atoms with Crippen molar-refractivity contribution in [3.8, 4) is 11.5 Å². The summed E-state index contributed by atoms with van der Waals surface area (Å²) in [4.78, 5) is 14.6. The van der Waals surface area contributed by atoms with Crippen LogP contribution in [0.5, 0.6) is 11.5 Å². The normalized spacial score (nSPS) is 19.4. The van der Waals surface area contributed by atoms with Crippen molar-refractivity contribution >= 4 is 15.6 Å². The smallest absolute Gasteiger partial charge is 0.176 e. The number of methoxy groups -OCH3 is 2. The maximum atomic E-state index is 12.6. The summed E-state index contributed by atoms with van der Waals surface area (Å²) >= 11 is 0. The standard InChI is InChI=1S/C17H25NO5S/c1-4-8-18(14-7-9-24(20,21)12-14)11-15(19)13-5-6-16(22-2)17(10-13)23-3/h5-6,10,14H,4,7-9,11-12H2,1-3H3/t14-/m1/s1. The lowest BCUT2D eigenvalue weighted by Gasteiger charge is -2.26. The van der Waals surface area contributed by atoms with Crippen molar-refractivity contribution in [1.29, 1.82) is 0 Å². The van der Waals surface area contributed by atoms with Crippen molar-refractivity contribution in [2.75, 3.05) is 38.8 Å². The van der Waals surface area contributed by atoms with Crippen LogP contribution in [-0.4, -0.2) is 64.0 Å². The largest absolute Gasteiger partial charge is 0.493 e. The Hall–Kier alpha value is -1.60. The van der Waals surface area contributed by atoms with Crippen LogP contribution in [0.25, 0.3) is 0 Å². The van der Waals surface area contributed by atoms with Crippen molar-refractivity contribution in [2.24, 2.45) is 0 Å². The second-order valence-electron chi connectivity index (χ2n) is 6.02. The van der Waals surface area contributed by atoms with Gasteiger partial charge in [-0.05, 0) is 37.6 Å². The highest BCUT2D eigenvalue weighted by Gasteiger charge is 2.32. The Bertz CT molecular complexity index is 686. The first-order chi connectivity index (χ1) is 11.4. The van der Waals surface area contributed by atoms with E-state index in [2.05, 4.69) is 0 Å². The predicted molar refractivity (Wildman–Crippen MR) is 92.8 cm³/mol. The SMILES string of the molecule is CCCN(CC(=O)c1ccc(OC)c(OC)c1)[C@@H]1CCS(=O)(=O)C1. The van der Waals surface area contributed by atoms with Crippen molar-refractivity contribution in [3.63, 3.8) is 0 Å². The van der Waals surface area contributed by atoms with Crippen molar-refractivity contribution < 1.29 is 22.7 Å². The van der Waals surface area contributed by atoms with Crippen molar-refractivity contribution in [2.45, 2.75) is 25.8 Å². The predicted octanol–water partition coefficient (Wildman–Crippen LogP) is 1.79. The lowest BCUT2D eigenvalue weighted by molar-refractivity contribution is 0.0901. The van der Waals surface area contributed by atoms with Gasteiger partial charge in [0.15, 0.2) is 27.1 Å². The Morgan fingerprint density at radius 2 is 1.96 bits per heavy atom. The molecule has 6 nitrogen and oxygen atoms in total. The number of hydrogen-bond acceptors (Lipinski definition) is 6. The second-order valence-corrected chi connectivity index (χ2v) is 8.25. The molecule has 0 aliphatic carbocycles. The molecule has 0 spiro atoms. The number of Topliss-reactive ketones (excluding diaryl/α,β-unsaturated/α-hetero) is 1. The third-order valence-corrected chi connectivity index (χ3v) is 6.04. The molecule has 1 fully saturated rings. The molecule has 0 radical (unpaired) electrons. The molecule has 1 heterocycles. The fraction of sp³-hybridized carbons (Fsp3) is 0.588. The van der Waals surface area contributed by atoms with Gasteiger partial charge in [0.1, 0.15) is 0 Å². The second kappa shape index (κ2) is 7.98. The van der Waals surface area contributed by atoms with E-state index < -0.39 is 9.84 Å². The van der Waals surface area contributed by atoms with Gasteiger partial charge in [0.05, 0.1) is 32.3 Å². The average molecular weight is 355 g/mol. The molecule has 1 aromatic carbocycles. The first-order valence-electron chi connectivity index (χ1n) is 8.10. The fourth-order valence-electron chi connectivity index (χ4n) is 3.03. The van der Waals surface area contributed by atoms with E-state index in [-0.39, 0.29) is 29.9 Å². The number of nitrogens with zero attached hydrogens (tertiary/aromatic N) is 1. The van der Waals surface area contributed by atoms with E-state index in [1.54, 1.807) is 25.3 Å². The molecule has 2 rings (SSSR count). The van der Waals surface area contributed by atoms with Gasteiger partial charge in [-0.3, -0.25) is 9.69 Å². The first kappa shape index (κ1) is 18.7. The van der Waals surface area contributed by atoms with Gasteiger partial charge in [-0.25, -0.2) is 8.42 Å². The van der Waals surface area contributed by atoms with Gasteiger partial charge in [-0.2, -0.15) is 0 Å². The van der Waals surface area contributed by atoms with Crippen LogP contribution in [0.1, 0.15) is 30.1 Å². The number of sulfone groups is 1. The molecule has 1 aromatic rings. The number of carbonyl (C=O) groups is 1. The van der Waals surface area contributed by atoms with Crippen LogP contribution < -0.4 is 9.47 Å². The zero-order valence-electron chi connectivity index (χ0n) is 14.4. The van der Waals surface area contributed by atoms with E-state index >= 15 is 0 Å². The third-order valence-electron chi connectivity index (χ3n) is 4.29. The molecular formula is C17H25NO5S. The molecule has 0 amide bonds. The number of benzene rings is 1. The molecule has 0 bridgehead atoms. The molecule has 0 N–H and O–H groups in total. The quantitative estimate of drug-likeness (QED) is 0.662. The Kier molecular flexibility index (Phi) is 6.23. The van der Waals surface area contributed by atoms with E-state index in [1.165, 1.54) is 7.11 Å². The molecule has 0 unspecified atom stereocenters. The molecule has 1 saturated heterocycles. The van der Waals surface area contributed by atoms with Gasteiger partial charge in [0, 0.05) is 11.6 Å². The summed E-state index contributed by atoms with van der Waals surface area (Å²) in [7, 11) is 0.103. The summed E-state index contributed by atoms with van der Waals surface area (Å²) < 4.78 is 33.9. The summed E-state index contributed by atoms with van der Waals surface area (Å²) in [5, 5.41) is 0. The topological polar surface area (TPSA) is 72.9 Å². The highest BCUT2D eigenvalue weighted by Crippen LogP contribution is 2.28. The minimum atomic E-state index is -2.97. The van der Waals surface area contributed by atoms with Gasteiger partial charge < -0.3 is 9.47 Å². The van der Waals surface area contributed by atoms with E-state index in [0.717, 1.165) is 6.42 Å². The average Bonchev–Trinajstić information content (AvgIpc) is 2.93. The van der Waals surface area contributed by atoms with Crippen molar-refractivity contribution in [3.05, 3.63) is 23.8 Å². The fourth-order valence-corrected chi connectivity index (χ4v) is 4.79. The zero-order chi connectivity index (χ0) is 17.7. The number of rotatable bonds is 8. The Labute approximate surface area is 143 Å². The Balaban J connectivity index is 2.13. The van der Waals surface area contributed by atoms with E-state index in [9.17, 15) is 13.2 Å². The Morgan fingerprint density at radius 1 is 1.25 bits per heavy atom.